The minimum Gasteiger partial charge on any atom is -0.377 e. The number of halogens is 2. The van der Waals surface area contributed by atoms with Gasteiger partial charge >= 0.3 is 0 Å². The lowest BCUT2D eigenvalue weighted by Crippen LogP contribution is -2.06. The van der Waals surface area contributed by atoms with Crippen LogP contribution in [0.2, 0.25) is 5.02 Å². The molecule has 0 amide bonds. The van der Waals surface area contributed by atoms with Crippen LogP contribution in [0.5, 0.6) is 0 Å². The Labute approximate surface area is 121 Å². The van der Waals surface area contributed by atoms with E-state index in [2.05, 4.69) is 10.3 Å². The molecule has 1 heterocycles. The van der Waals surface area contributed by atoms with Crippen LogP contribution in [0.1, 0.15) is 5.82 Å². The van der Waals surface area contributed by atoms with Crippen molar-refractivity contribution in [3.05, 3.63) is 59.1 Å². The van der Waals surface area contributed by atoms with Gasteiger partial charge in [0.05, 0.1) is 28.3 Å². The smallest absolute Gasteiger partial charge is 0.128 e. The maximum absolute atomic E-state index is 13.2. The molecule has 102 valence electrons. The van der Waals surface area contributed by atoms with Crippen molar-refractivity contribution in [2.24, 2.45) is 7.05 Å². The van der Waals surface area contributed by atoms with Gasteiger partial charge in [0.15, 0.2) is 0 Å². The molecule has 3 aromatic rings. The van der Waals surface area contributed by atoms with Crippen molar-refractivity contribution in [3.63, 3.8) is 0 Å². The zero-order valence-electron chi connectivity index (χ0n) is 10.9. The number of rotatable bonds is 3. The predicted octanol–water partition coefficient (Wildman–Crippen LogP) is 3.98. The molecule has 0 aliphatic rings. The Morgan fingerprint density at radius 3 is 2.85 bits per heavy atom. The van der Waals surface area contributed by atoms with E-state index in [1.54, 1.807) is 0 Å². The lowest BCUT2D eigenvalue weighted by molar-refractivity contribution is 0.628. The molecule has 0 aliphatic carbocycles. The normalized spacial score (nSPS) is 10.9. The molecule has 0 bridgehead atoms. The average Bonchev–Trinajstić information content (AvgIpc) is 2.77. The first kappa shape index (κ1) is 12.9. The Balaban J connectivity index is 1.87. The van der Waals surface area contributed by atoms with Crippen molar-refractivity contribution in [2.75, 3.05) is 5.32 Å². The lowest BCUT2D eigenvalue weighted by Gasteiger charge is -2.08. The van der Waals surface area contributed by atoms with Crippen molar-refractivity contribution in [1.82, 2.24) is 9.55 Å². The van der Waals surface area contributed by atoms with Crippen LogP contribution in [0.4, 0.5) is 10.1 Å². The van der Waals surface area contributed by atoms with Gasteiger partial charge in [0.25, 0.3) is 0 Å². The molecule has 0 unspecified atom stereocenters. The highest BCUT2D eigenvalue weighted by Gasteiger charge is 2.08. The number of para-hydroxylation sites is 2. The maximum atomic E-state index is 13.2. The van der Waals surface area contributed by atoms with E-state index in [1.807, 2.05) is 35.9 Å². The molecule has 0 aliphatic heterocycles. The van der Waals surface area contributed by atoms with Crippen LogP contribution >= 0.6 is 11.6 Å². The summed E-state index contributed by atoms with van der Waals surface area (Å²) in [6.07, 6.45) is 0. The fourth-order valence-electron chi connectivity index (χ4n) is 2.16. The Hall–Kier alpha value is -2.07. The first-order valence-corrected chi connectivity index (χ1v) is 6.62. The highest BCUT2D eigenvalue weighted by Crippen LogP contribution is 2.23. The maximum Gasteiger partial charge on any atom is 0.128 e. The van der Waals surface area contributed by atoms with Crippen LogP contribution < -0.4 is 5.32 Å². The number of hydrogen-bond acceptors (Lipinski definition) is 2. The van der Waals surface area contributed by atoms with Gasteiger partial charge in [-0.05, 0) is 30.3 Å². The highest BCUT2D eigenvalue weighted by atomic mass is 35.5. The zero-order valence-corrected chi connectivity index (χ0v) is 11.7. The Morgan fingerprint density at radius 2 is 2.05 bits per heavy atom. The van der Waals surface area contributed by atoms with Gasteiger partial charge in [-0.1, -0.05) is 23.7 Å². The van der Waals surface area contributed by atoms with Gasteiger partial charge < -0.3 is 9.88 Å². The summed E-state index contributed by atoms with van der Waals surface area (Å²) in [6.45, 7) is 0.481. The monoisotopic (exact) mass is 289 g/mol. The third-order valence-electron chi connectivity index (χ3n) is 3.25. The van der Waals surface area contributed by atoms with Crippen molar-refractivity contribution in [2.45, 2.75) is 6.54 Å². The number of aryl methyl sites for hydroxylation is 1. The standard InChI is InChI=1S/C15H13ClFN3/c1-20-14-5-3-2-4-12(14)19-15(20)9-18-13-8-10(17)6-7-11(13)16/h2-8,18H,9H2,1H3. The molecular weight excluding hydrogens is 277 g/mol. The zero-order chi connectivity index (χ0) is 14.1. The average molecular weight is 290 g/mol. The Kier molecular flexibility index (Phi) is 3.32. The van der Waals surface area contributed by atoms with E-state index < -0.39 is 0 Å². The number of benzene rings is 2. The molecule has 2 aromatic carbocycles. The Morgan fingerprint density at radius 1 is 1.25 bits per heavy atom. The number of imidazole rings is 1. The second kappa shape index (κ2) is 5.13. The fraction of sp³-hybridized carbons (Fsp3) is 0.133. The predicted molar refractivity (Wildman–Crippen MR) is 79.5 cm³/mol. The molecule has 1 N–H and O–H groups in total. The van der Waals surface area contributed by atoms with E-state index in [0.717, 1.165) is 16.9 Å². The molecule has 5 heteroatoms. The second-order valence-corrected chi connectivity index (χ2v) is 4.96. The first-order valence-electron chi connectivity index (χ1n) is 6.24. The topological polar surface area (TPSA) is 29.9 Å². The summed E-state index contributed by atoms with van der Waals surface area (Å²) in [7, 11) is 1.96. The number of aromatic nitrogens is 2. The summed E-state index contributed by atoms with van der Waals surface area (Å²) in [5.41, 5.74) is 2.57. The van der Waals surface area contributed by atoms with E-state index in [4.69, 9.17) is 11.6 Å². The summed E-state index contributed by atoms with van der Waals surface area (Å²) >= 11 is 6.02. The minimum absolute atomic E-state index is 0.318. The summed E-state index contributed by atoms with van der Waals surface area (Å²) in [4.78, 5) is 4.54. The van der Waals surface area contributed by atoms with Crippen LogP contribution in [0, 0.1) is 5.82 Å². The summed E-state index contributed by atoms with van der Waals surface area (Å²) in [5.74, 6) is 0.549. The summed E-state index contributed by atoms with van der Waals surface area (Å²) in [6, 6.07) is 12.2. The number of nitrogens with zero attached hydrogens (tertiary/aromatic N) is 2. The fourth-order valence-corrected chi connectivity index (χ4v) is 2.35. The van der Waals surface area contributed by atoms with E-state index in [9.17, 15) is 4.39 Å². The third kappa shape index (κ3) is 2.34. The van der Waals surface area contributed by atoms with Gasteiger partial charge in [-0.25, -0.2) is 9.37 Å². The SMILES string of the molecule is Cn1c(CNc2cc(F)ccc2Cl)nc2ccccc21. The number of fused-ring (bicyclic) bond motifs is 1. The van der Waals surface area contributed by atoms with E-state index in [-0.39, 0.29) is 5.82 Å². The molecule has 0 saturated carbocycles. The molecule has 3 nitrogen and oxygen atoms in total. The van der Waals surface area contributed by atoms with Crippen molar-refractivity contribution < 1.29 is 4.39 Å². The molecule has 0 saturated heterocycles. The first-order chi connectivity index (χ1) is 9.65. The van der Waals surface area contributed by atoms with Crippen LogP contribution in [-0.2, 0) is 13.6 Å². The van der Waals surface area contributed by atoms with Crippen LogP contribution in [-0.4, -0.2) is 9.55 Å². The highest BCUT2D eigenvalue weighted by molar-refractivity contribution is 6.33. The van der Waals surface area contributed by atoms with Crippen molar-refractivity contribution in [1.29, 1.82) is 0 Å². The van der Waals surface area contributed by atoms with Crippen LogP contribution in [0.25, 0.3) is 11.0 Å². The number of nitrogens with one attached hydrogen (secondary N) is 1. The van der Waals surface area contributed by atoms with Gasteiger partial charge in [0.1, 0.15) is 11.6 Å². The number of anilines is 1. The van der Waals surface area contributed by atoms with Crippen molar-refractivity contribution in [3.8, 4) is 0 Å². The molecule has 0 fully saturated rings. The molecule has 0 spiro atoms. The van der Waals surface area contributed by atoms with Gasteiger partial charge in [-0.15, -0.1) is 0 Å². The largest absolute Gasteiger partial charge is 0.377 e. The second-order valence-electron chi connectivity index (χ2n) is 4.55. The van der Waals surface area contributed by atoms with Gasteiger partial charge in [0.2, 0.25) is 0 Å². The van der Waals surface area contributed by atoms with Gasteiger partial charge in [0, 0.05) is 7.05 Å². The number of hydrogen-bond donors (Lipinski definition) is 1. The molecule has 20 heavy (non-hydrogen) atoms. The van der Waals surface area contributed by atoms with E-state index in [0.29, 0.717) is 17.3 Å². The molecule has 0 atom stereocenters. The Bertz CT molecular complexity index is 767. The molecule has 1 aromatic heterocycles. The molecule has 3 rings (SSSR count). The molecule has 0 radical (unpaired) electrons. The van der Waals surface area contributed by atoms with Crippen molar-refractivity contribution >= 4 is 28.3 Å². The third-order valence-corrected chi connectivity index (χ3v) is 3.57. The molecular formula is C15H13ClFN3. The van der Waals surface area contributed by atoms with Gasteiger partial charge in [-0.3, -0.25) is 0 Å². The van der Waals surface area contributed by atoms with Crippen LogP contribution in [0.3, 0.4) is 0 Å². The summed E-state index contributed by atoms with van der Waals surface area (Å²) < 4.78 is 15.2. The van der Waals surface area contributed by atoms with E-state index in [1.165, 1.54) is 18.2 Å². The van der Waals surface area contributed by atoms with Gasteiger partial charge in [-0.2, -0.15) is 0 Å². The summed E-state index contributed by atoms with van der Waals surface area (Å²) in [5, 5.41) is 3.61. The minimum atomic E-state index is -0.318. The van der Waals surface area contributed by atoms with Crippen LogP contribution in [0.15, 0.2) is 42.5 Å². The quantitative estimate of drug-likeness (QED) is 0.790. The van der Waals surface area contributed by atoms with E-state index >= 15 is 0 Å². The lowest BCUT2D eigenvalue weighted by atomic mass is 10.3.